The lowest BCUT2D eigenvalue weighted by Crippen LogP contribution is -2.33. The third-order valence-electron chi connectivity index (χ3n) is 3.67. The lowest BCUT2D eigenvalue weighted by Gasteiger charge is -2.19. The maximum absolute atomic E-state index is 11.9. The van der Waals surface area contributed by atoms with Crippen molar-refractivity contribution < 1.29 is 4.79 Å². The van der Waals surface area contributed by atoms with Gasteiger partial charge in [0.15, 0.2) is 5.16 Å². The summed E-state index contributed by atoms with van der Waals surface area (Å²) in [4.78, 5) is 22.6. The van der Waals surface area contributed by atoms with Gasteiger partial charge in [-0.1, -0.05) is 60.6 Å². The van der Waals surface area contributed by atoms with Gasteiger partial charge < -0.3 is 10.2 Å². The van der Waals surface area contributed by atoms with Crippen LogP contribution in [-0.4, -0.2) is 34.7 Å². The molecule has 0 spiro atoms. The van der Waals surface area contributed by atoms with Gasteiger partial charge in [0.2, 0.25) is 5.91 Å². The highest BCUT2D eigenvalue weighted by Gasteiger charge is 2.11. The van der Waals surface area contributed by atoms with Crippen LogP contribution in [-0.2, 0) is 11.3 Å². The summed E-state index contributed by atoms with van der Waals surface area (Å²) >= 11 is 7.42. The Kier molecular flexibility index (Phi) is 7.52. The summed E-state index contributed by atoms with van der Waals surface area (Å²) in [5, 5.41) is 3.80. The van der Waals surface area contributed by atoms with Crippen molar-refractivity contribution in [3.63, 3.8) is 0 Å². The number of rotatable bonds is 8. The number of aromatic nitrogens is 2. The second-order valence-corrected chi connectivity index (χ2v) is 7.17. The summed E-state index contributed by atoms with van der Waals surface area (Å²) in [7, 11) is 1.95. The van der Waals surface area contributed by atoms with Gasteiger partial charge >= 0.3 is 0 Å². The van der Waals surface area contributed by atoms with E-state index in [0.717, 1.165) is 12.2 Å². The first-order chi connectivity index (χ1) is 12.0. The first kappa shape index (κ1) is 19.5. The number of nitrogens with zero attached hydrogens (tertiary/aromatic N) is 3. The van der Waals surface area contributed by atoms with Crippen molar-refractivity contribution in [2.24, 2.45) is 0 Å². The molecule has 0 aliphatic rings. The molecule has 1 aromatic carbocycles. The van der Waals surface area contributed by atoms with Crippen molar-refractivity contribution in [1.29, 1.82) is 0 Å². The third kappa shape index (κ3) is 6.55. The zero-order chi connectivity index (χ0) is 18.2. The molecular formula is C18H23ClN4OS. The normalized spacial score (nSPS) is 11.8. The Bertz CT molecular complexity index is 699. The van der Waals surface area contributed by atoms with Gasteiger partial charge in [-0.15, -0.1) is 0 Å². The van der Waals surface area contributed by atoms with E-state index < -0.39 is 0 Å². The highest BCUT2D eigenvalue weighted by atomic mass is 35.5. The largest absolute Gasteiger partial charge is 0.355 e. The Morgan fingerprint density at radius 1 is 1.32 bits per heavy atom. The predicted octanol–water partition coefficient (Wildman–Crippen LogP) is 3.77. The van der Waals surface area contributed by atoms with Crippen molar-refractivity contribution >= 4 is 35.1 Å². The predicted molar refractivity (Wildman–Crippen MR) is 104 cm³/mol. The number of carbonyl (C=O) groups excluding carboxylic acids is 1. The van der Waals surface area contributed by atoms with Crippen molar-refractivity contribution in [1.82, 2.24) is 15.3 Å². The van der Waals surface area contributed by atoms with Crippen LogP contribution in [0.4, 0.5) is 5.82 Å². The summed E-state index contributed by atoms with van der Waals surface area (Å²) in [5.74, 6) is 0.975. The van der Waals surface area contributed by atoms with E-state index in [4.69, 9.17) is 11.6 Å². The first-order valence-corrected chi connectivity index (χ1v) is 9.56. The summed E-state index contributed by atoms with van der Waals surface area (Å²) in [6.07, 6.45) is 0.901. The van der Waals surface area contributed by atoms with Crippen LogP contribution >= 0.6 is 23.4 Å². The van der Waals surface area contributed by atoms with E-state index in [1.165, 1.54) is 17.3 Å². The summed E-state index contributed by atoms with van der Waals surface area (Å²) < 4.78 is 0. The van der Waals surface area contributed by atoms with Crippen molar-refractivity contribution in [3.8, 4) is 0 Å². The number of nitrogens with one attached hydrogen (secondary N) is 1. The molecule has 2 rings (SSSR count). The maximum atomic E-state index is 11.9. The van der Waals surface area contributed by atoms with Gasteiger partial charge in [-0.3, -0.25) is 4.79 Å². The Balaban J connectivity index is 2.00. The van der Waals surface area contributed by atoms with E-state index >= 15 is 0 Å². The van der Waals surface area contributed by atoms with Crippen LogP contribution in [0.25, 0.3) is 0 Å². The number of benzene rings is 1. The van der Waals surface area contributed by atoms with Gasteiger partial charge in [0.25, 0.3) is 0 Å². The number of hydrogen-bond acceptors (Lipinski definition) is 5. The fraction of sp³-hybridized carbons (Fsp3) is 0.389. The number of carbonyl (C=O) groups is 1. The first-order valence-electron chi connectivity index (χ1n) is 8.19. The Morgan fingerprint density at radius 3 is 2.72 bits per heavy atom. The molecule has 1 amide bonds. The quantitative estimate of drug-likeness (QED) is 0.430. The summed E-state index contributed by atoms with van der Waals surface area (Å²) in [6, 6.07) is 12.0. The smallest absolute Gasteiger partial charge is 0.230 e. The fourth-order valence-corrected chi connectivity index (χ4v) is 3.02. The molecule has 25 heavy (non-hydrogen) atoms. The van der Waals surface area contributed by atoms with Crippen LogP contribution in [0.2, 0.25) is 5.15 Å². The van der Waals surface area contributed by atoms with Crippen molar-refractivity contribution in [2.45, 2.75) is 38.0 Å². The molecule has 0 aliphatic carbocycles. The van der Waals surface area contributed by atoms with Gasteiger partial charge in [-0.25, -0.2) is 9.97 Å². The molecule has 5 nitrogen and oxygen atoms in total. The average Bonchev–Trinajstić information content (AvgIpc) is 2.60. The van der Waals surface area contributed by atoms with Gasteiger partial charge in [-0.2, -0.15) is 0 Å². The molecular weight excluding hydrogens is 356 g/mol. The van der Waals surface area contributed by atoms with E-state index in [1.54, 1.807) is 6.07 Å². The molecule has 1 unspecified atom stereocenters. The third-order valence-corrected chi connectivity index (χ3v) is 4.71. The minimum atomic E-state index is -0.0258. The number of halogens is 1. The van der Waals surface area contributed by atoms with E-state index in [0.29, 0.717) is 16.9 Å². The van der Waals surface area contributed by atoms with Gasteiger partial charge in [0, 0.05) is 25.7 Å². The molecule has 0 aliphatic heterocycles. The molecule has 134 valence electrons. The minimum Gasteiger partial charge on any atom is -0.355 e. The molecule has 1 aromatic heterocycles. The van der Waals surface area contributed by atoms with Crippen molar-refractivity contribution in [3.05, 3.63) is 47.1 Å². The van der Waals surface area contributed by atoms with Crippen LogP contribution in [0.15, 0.2) is 41.6 Å². The summed E-state index contributed by atoms with van der Waals surface area (Å²) in [6.45, 7) is 4.73. The Hall–Kier alpha value is -1.79. The molecule has 0 fully saturated rings. The van der Waals surface area contributed by atoms with Crippen molar-refractivity contribution in [2.75, 3.05) is 17.7 Å². The van der Waals surface area contributed by atoms with Crippen LogP contribution in [0.1, 0.15) is 25.8 Å². The topological polar surface area (TPSA) is 58.1 Å². The lowest BCUT2D eigenvalue weighted by atomic mass is 10.2. The fourth-order valence-electron chi connectivity index (χ4n) is 2.13. The van der Waals surface area contributed by atoms with Gasteiger partial charge in [0.05, 0.1) is 5.75 Å². The highest BCUT2D eigenvalue weighted by Crippen LogP contribution is 2.22. The van der Waals surface area contributed by atoms with E-state index in [1.807, 2.05) is 44.0 Å². The van der Waals surface area contributed by atoms with E-state index in [-0.39, 0.29) is 17.7 Å². The van der Waals surface area contributed by atoms with Crippen LogP contribution < -0.4 is 10.2 Å². The SMILES string of the molecule is CCC(C)NC(=O)CSc1nc(Cl)cc(N(C)Cc2ccccc2)n1. The molecule has 0 saturated carbocycles. The molecule has 0 radical (unpaired) electrons. The minimum absolute atomic E-state index is 0.0258. The van der Waals surface area contributed by atoms with E-state index in [2.05, 4.69) is 27.4 Å². The molecule has 1 heterocycles. The Labute approximate surface area is 158 Å². The van der Waals surface area contributed by atoms with Gasteiger partial charge in [0.1, 0.15) is 11.0 Å². The second kappa shape index (κ2) is 9.63. The summed E-state index contributed by atoms with van der Waals surface area (Å²) in [5.41, 5.74) is 1.18. The number of thioether (sulfide) groups is 1. The molecule has 0 bridgehead atoms. The monoisotopic (exact) mass is 378 g/mol. The van der Waals surface area contributed by atoms with Crippen LogP contribution in [0.5, 0.6) is 0 Å². The molecule has 7 heteroatoms. The zero-order valence-corrected chi connectivity index (χ0v) is 16.3. The molecule has 0 saturated heterocycles. The van der Waals surface area contributed by atoms with Gasteiger partial charge in [-0.05, 0) is 18.9 Å². The second-order valence-electron chi connectivity index (χ2n) is 5.84. The molecule has 1 atom stereocenters. The molecule has 2 aromatic rings. The number of anilines is 1. The zero-order valence-electron chi connectivity index (χ0n) is 14.7. The number of amides is 1. The Morgan fingerprint density at radius 2 is 2.04 bits per heavy atom. The lowest BCUT2D eigenvalue weighted by molar-refractivity contribution is -0.119. The van der Waals surface area contributed by atoms with Crippen LogP contribution in [0, 0.1) is 0 Å². The standard InChI is InChI=1S/C18H23ClN4OS/c1-4-13(2)20-17(24)12-25-18-21-15(19)10-16(22-18)23(3)11-14-8-6-5-7-9-14/h5-10,13H,4,11-12H2,1-3H3,(H,20,24). The average molecular weight is 379 g/mol. The maximum Gasteiger partial charge on any atom is 0.230 e. The van der Waals surface area contributed by atoms with E-state index in [9.17, 15) is 4.79 Å². The highest BCUT2D eigenvalue weighted by molar-refractivity contribution is 7.99. The number of hydrogen-bond donors (Lipinski definition) is 1. The molecule has 1 N–H and O–H groups in total. The van der Waals surface area contributed by atoms with Crippen LogP contribution in [0.3, 0.4) is 0 Å².